The van der Waals surface area contributed by atoms with Crippen LogP contribution in [0.25, 0.3) is 0 Å². The van der Waals surface area contributed by atoms with Crippen molar-refractivity contribution in [2.24, 2.45) is 5.73 Å². The maximum atomic E-state index is 12.5. The van der Waals surface area contributed by atoms with E-state index in [9.17, 15) is 9.59 Å². The zero-order valence-corrected chi connectivity index (χ0v) is 13.2. The number of halogens is 1. The first-order valence-corrected chi connectivity index (χ1v) is 7.10. The maximum absolute atomic E-state index is 12.5. The van der Waals surface area contributed by atoms with E-state index < -0.39 is 12.0 Å². The maximum Gasteiger partial charge on any atom is 0.253 e. The fraction of sp³-hybridized carbons (Fsp3) is 0.467. The van der Waals surface area contributed by atoms with E-state index in [0.717, 1.165) is 12.1 Å². The zero-order chi connectivity index (χ0) is 15.1. The van der Waals surface area contributed by atoms with Crippen LogP contribution in [0, 0.1) is 0 Å². The van der Waals surface area contributed by atoms with Gasteiger partial charge in [0.05, 0.1) is 6.61 Å². The molecule has 1 saturated heterocycles. The number of amides is 2. The number of benzene rings is 1. The van der Waals surface area contributed by atoms with Crippen LogP contribution in [0.4, 0.5) is 0 Å². The normalized spacial score (nSPS) is 17.4. The van der Waals surface area contributed by atoms with Crippen LogP contribution in [-0.2, 0) is 20.9 Å². The third-order valence-corrected chi connectivity index (χ3v) is 3.36. The van der Waals surface area contributed by atoms with Gasteiger partial charge in [-0.3, -0.25) is 9.59 Å². The number of morpholine rings is 1. The summed E-state index contributed by atoms with van der Waals surface area (Å²) in [6, 6.07) is 9.66. The fourth-order valence-corrected chi connectivity index (χ4v) is 2.24. The molecule has 1 aromatic rings. The Hall–Kier alpha value is -1.63. The van der Waals surface area contributed by atoms with Gasteiger partial charge in [-0.25, -0.2) is 0 Å². The first-order chi connectivity index (χ1) is 10.2. The van der Waals surface area contributed by atoms with Crippen LogP contribution >= 0.6 is 12.4 Å². The van der Waals surface area contributed by atoms with E-state index in [-0.39, 0.29) is 24.7 Å². The molecule has 122 valence electrons. The molecule has 3 N–H and O–H groups in total. The van der Waals surface area contributed by atoms with E-state index >= 15 is 0 Å². The SMILES string of the molecule is Cl.NC(=O)CCN(Cc1ccccc1)C(=O)C1CNCCO1. The summed E-state index contributed by atoms with van der Waals surface area (Å²) >= 11 is 0. The lowest BCUT2D eigenvalue weighted by Gasteiger charge is -2.29. The van der Waals surface area contributed by atoms with Crippen molar-refractivity contribution in [2.45, 2.75) is 19.1 Å². The van der Waals surface area contributed by atoms with E-state index in [2.05, 4.69) is 5.32 Å². The summed E-state index contributed by atoms with van der Waals surface area (Å²) in [5.41, 5.74) is 6.21. The summed E-state index contributed by atoms with van der Waals surface area (Å²) in [6.07, 6.45) is -0.339. The molecule has 1 aliphatic rings. The van der Waals surface area contributed by atoms with Gasteiger partial charge in [-0.2, -0.15) is 0 Å². The Morgan fingerprint density at radius 1 is 1.32 bits per heavy atom. The fourth-order valence-electron chi connectivity index (χ4n) is 2.24. The van der Waals surface area contributed by atoms with Crippen LogP contribution in [0.1, 0.15) is 12.0 Å². The monoisotopic (exact) mass is 327 g/mol. The summed E-state index contributed by atoms with van der Waals surface area (Å²) in [6.45, 7) is 2.53. The Kier molecular flexibility index (Phi) is 7.87. The molecule has 6 nitrogen and oxygen atoms in total. The molecule has 1 aliphatic heterocycles. The Morgan fingerprint density at radius 3 is 2.64 bits per heavy atom. The van der Waals surface area contributed by atoms with Crippen molar-refractivity contribution in [3.05, 3.63) is 35.9 Å². The highest BCUT2D eigenvalue weighted by atomic mass is 35.5. The summed E-state index contributed by atoms with van der Waals surface area (Å²) in [5, 5.41) is 3.14. The molecule has 7 heteroatoms. The van der Waals surface area contributed by atoms with Gasteiger partial charge in [-0.05, 0) is 5.56 Å². The van der Waals surface area contributed by atoms with Crippen molar-refractivity contribution in [1.29, 1.82) is 0 Å². The van der Waals surface area contributed by atoms with Crippen molar-refractivity contribution < 1.29 is 14.3 Å². The molecule has 0 bridgehead atoms. The smallest absolute Gasteiger partial charge is 0.253 e. The molecule has 1 unspecified atom stereocenters. The Labute approximate surface area is 136 Å². The Bertz CT molecular complexity index is 478. The van der Waals surface area contributed by atoms with Crippen LogP contribution in [-0.4, -0.2) is 49.1 Å². The predicted octanol–water partition coefficient (Wildman–Crippen LogP) is 0.301. The van der Waals surface area contributed by atoms with Gasteiger partial charge in [-0.1, -0.05) is 30.3 Å². The van der Waals surface area contributed by atoms with Gasteiger partial charge in [0, 0.05) is 32.6 Å². The van der Waals surface area contributed by atoms with E-state index in [4.69, 9.17) is 10.5 Å². The van der Waals surface area contributed by atoms with Gasteiger partial charge in [0.15, 0.2) is 0 Å². The topological polar surface area (TPSA) is 84.7 Å². The molecule has 22 heavy (non-hydrogen) atoms. The average molecular weight is 328 g/mol. The van der Waals surface area contributed by atoms with E-state index in [1.54, 1.807) is 4.90 Å². The number of nitrogens with two attached hydrogens (primary N) is 1. The molecule has 2 rings (SSSR count). The first kappa shape index (κ1) is 18.4. The van der Waals surface area contributed by atoms with Crippen LogP contribution in [0.3, 0.4) is 0 Å². The first-order valence-electron chi connectivity index (χ1n) is 7.10. The zero-order valence-electron chi connectivity index (χ0n) is 12.4. The van der Waals surface area contributed by atoms with Crippen LogP contribution in [0.2, 0.25) is 0 Å². The molecule has 0 saturated carbocycles. The number of ether oxygens (including phenoxy) is 1. The summed E-state index contributed by atoms with van der Waals surface area (Å²) < 4.78 is 5.50. The minimum atomic E-state index is -0.490. The standard InChI is InChI=1S/C15H21N3O3.ClH/c16-14(19)6-8-18(11-12-4-2-1-3-5-12)15(20)13-10-17-7-9-21-13;/h1-5,13,17H,6-11H2,(H2,16,19);1H. The Balaban J connectivity index is 0.00000242. The number of hydrogen-bond acceptors (Lipinski definition) is 4. The molecular formula is C15H22ClN3O3. The molecule has 0 spiro atoms. The summed E-state index contributed by atoms with van der Waals surface area (Å²) in [7, 11) is 0. The van der Waals surface area contributed by atoms with E-state index in [0.29, 0.717) is 26.2 Å². The minimum absolute atomic E-state index is 0. The highest BCUT2D eigenvalue weighted by Crippen LogP contribution is 2.09. The number of rotatable bonds is 6. The van der Waals surface area contributed by atoms with E-state index in [1.807, 2.05) is 30.3 Å². The molecule has 1 aromatic carbocycles. The molecule has 1 fully saturated rings. The lowest BCUT2D eigenvalue weighted by molar-refractivity contribution is -0.146. The van der Waals surface area contributed by atoms with E-state index in [1.165, 1.54) is 0 Å². The number of carbonyl (C=O) groups is 2. The van der Waals surface area contributed by atoms with Gasteiger partial charge >= 0.3 is 0 Å². The second kappa shape index (κ2) is 9.40. The van der Waals surface area contributed by atoms with Crippen molar-refractivity contribution in [3.63, 3.8) is 0 Å². The highest BCUT2D eigenvalue weighted by Gasteiger charge is 2.27. The molecular weight excluding hydrogens is 306 g/mol. The lowest BCUT2D eigenvalue weighted by atomic mass is 10.2. The highest BCUT2D eigenvalue weighted by molar-refractivity contribution is 5.85. The Morgan fingerprint density at radius 2 is 2.05 bits per heavy atom. The van der Waals surface area contributed by atoms with Gasteiger partial charge < -0.3 is 20.7 Å². The summed E-state index contributed by atoms with van der Waals surface area (Å²) in [4.78, 5) is 25.2. The molecule has 2 amide bonds. The van der Waals surface area contributed by atoms with Crippen LogP contribution in [0.15, 0.2) is 30.3 Å². The van der Waals surface area contributed by atoms with Gasteiger partial charge in [0.2, 0.25) is 5.91 Å². The predicted molar refractivity (Wildman–Crippen MR) is 85.5 cm³/mol. The molecule has 0 aromatic heterocycles. The molecule has 1 heterocycles. The minimum Gasteiger partial charge on any atom is -0.370 e. The van der Waals surface area contributed by atoms with Gasteiger partial charge in [-0.15, -0.1) is 12.4 Å². The third kappa shape index (κ3) is 5.63. The largest absolute Gasteiger partial charge is 0.370 e. The van der Waals surface area contributed by atoms with Crippen molar-refractivity contribution in [2.75, 3.05) is 26.2 Å². The summed E-state index contributed by atoms with van der Waals surface area (Å²) in [5.74, 6) is -0.518. The van der Waals surface area contributed by atoms with Crippen LogP contribution in [0.5, 0.6) is 0 Å². The van der Waals surface area contributed by atoms with Crippen LogP contribution < -0.4 is 11.1 Å². The van der Waals surface area contributed by atoms with Crippen molar-refractivity contribution >= 4 is 24.2 Å². The van der Waals surface area contributed by atoms with Crippen molar-refractivity contribution in [1.82, 2.24) is 10.2 Å². The van der Waals surface area contributed by atoms with Gasteiger partial charge in [0.25, 0.3) is 5.91 Å². The lowest BCUT2D eigenvalue weighted by Crippen LogP contribution is -2.49. The molecule has 0 radical (unpaired) electrons. The van der Waals surface area contributed by atoms with Gasteiger partial charge in [0.1, 0.15) is 6.10 Å². The quantitative estimate of drug-likeness (QED) is 0.787. The second-order valence-corrected chi connectivity index (χ2v) is 5.03. The second-order valence-electron chi connectivity index (χ2n) is 5.03. The molecule has 1 atom stereocenters. The number of carbonyl (C=O) groups excluding carboxylic acids is 2. The molecule has 0 aliphatic carbocycles. The number of primary amides is 1. The average Bonchev–Trinajstić information content (AvgIpc) is 2.52. The number of hydrogen-bond donors (Lipinski definition) is 2. The number of nitrogens with one attached hydrogen (secondary N) is 1. The third-order valence-electron chi connectivity index (χ3n) is 3.36. The van der Waals surface area contributed by atoms with Crippen molar-refractivity contribution in [3.8, 4) is 0 Å². The number of nitrogens with zero attached hydrogens (tertiary/aromatic N) is 1.